The Hall–Kier alpha value is -2.45. The van der Waals surface area contributed by atoms with Gasteiger partial charge in [0.15, 0.2) is 0 Å². The quantitative estimate of drug-likeness (QED) is 0.424. The van der Waals surface area contributed by atoms with Gasteiger partial charge < -0.3 is 9.80 Å². The molecule has 2 aliphatic rings. The number of fused-ring (bicyclic) bond motifs is 1. The fraction of sp³-hybridized carbons (Fsp3) is 0.333. The number of nitrogens with zero attached hydrogens (tertiary/aromatic N) is 3. The first-order valence-corrected chi connectivity index (χ1v) is 13.6. The van der Waals surface area contributed by atoms with Crippen molar-refractivity contribution in [3.63, 3.8) is 0 Å². The zero-order valence-corrected chi connectivity index (χ0v) is 22.0. The van der Waals surface area contributed by atoms with Crippen molar-refractivity contribution < 1.29 is 14.0 Å². The monoisotopic (exact) mass is 545 g/mol. The highest BCUT2D eigenvalue weighted by Crippen LogP contribution is 2.38. The Kier molecular flexibility index (Phi) is 7.62. The van der Waals surface area contributed by atoms with Crippen LogP contribution in [0.15, 0.2) is 53.9 Å². The summed E-state index contributed by atoms with van der Waals surface area (Å²) in [7, 11) is 0. The fourth-order valence-corrected chi connectivity index (χ4v) is 6.25. The van der Waals surface area contributed by atoms with Crippen molar-refractivity contribution in [3.05, 3.63) is 91.3 Å². The molecule has 9 heteroatoms. The van der Waals surface area contributed by atoms with Crippen molar-refractivity contribution in [2.45, 2.75) is 18.9 Å². The van der Waals surface area contributed by atoms with Crippen molar-refractivity contribution in [1.29, 1.82) is 0 Å². The topological polar surface area (TPSA) is 43.9 Å². The number of rotatable bonds is 5. The van der Waals surface area contributed by atoms with Gasteiger partial charge in [0.25, 0.3) is 5.91 Å². The fourth-order valence-electron chi connectivity index (χ4n) is 5.04. The summed E-state index contributed by atoms with van der Waals surface area (Å²) in [5, 5.41) is 2.84. The highest BCUT2D eigenvalue weighted by Gasteiger charge is 2.31. The molecule has 1 unspecified atom stereocenters. The van der Waals surface area contributed by atoms with Crippen LogP contribution < -0.4 is 0 Å². The third-order valence-corrected chi connectivity index (χ3v) is 8.66. The molecule has 0 saturated carbocycles. The largest absolute Gasteiger partial charge is 0.339 e. The molecule has 1 atom stereocenters. The summed E-state index contributed by atoms with van der Waals surface area (Å²) in [4.78, 5) is 33.1. The number of piperazine rings is 1. The standard InChI is InChI=1S/C27H26Cl2FN3O2S/c28-22-5-4-19(17-23(22)29)27(35)33-13-11-31(12-14-33)25(34)7-10-32-9-6-24-21(8-15-36-24)26(32)18-2-1-3-20(30)16-18/h1-5,8,15-17,26H,6-7,9-14H2. The molecule has 188 valence electrons. The average Bonchev–Trinajstić information content (AvgIpc) is 3.37. The Morgan fingerprint density at radius 2 is 1.72 bits per heavy atom. The maximum Gasteiger partial charge on any atom is 0.254 e. The van der Waals surface area contributed by atoms with Crippen LogP contribution in [0.5, 0.6) is 0 Å². The van der Waals surface area contributed by atoms with E-state index in [9.17, 15) is 14.0 Å². The molecule has 5 rings (SSSR count). The number of carbonyl (C=O) groups excluding carboxylic acids is 2. The Balaban J connectivity index is 1.19. The first-order chi connectivity index (χ1) is 17.4. The highest BCUT2D eigenvalue weighted by molar-refractivity contribution is 7.10. The molecule has 1 saturated heterocycles. The molecule has 0 N–H and O–H groups in total. The average molecular weight is 546 g/mol. The molecule has 3 heterocycles. The second-order valence-corrected chi connectivity index (χ2v) is 10.9. The van der Waals surface area contributed by atoms with E-state index in [1.165, 1.54) is 16.5 Å². The minimum atomic E-state index is -0.251. The normalized spacial score (nSPS) is 18.2. The first kappa shape index (κ1) is 25.2. The van der Waals surface area contributed by atoms with Crippen molar-refractivity contribution in [3.8, 4) is 0 Å². The Morgan fingerprint density at radius 1 is 0.944 bits per heavy atom. The van der Waals surface area contributed by atoms with Crippen molar-refractivity contribution in [1.82, 2.24) is 14.7 Å². The predicted molar refractivity (Wildman–Crippen MR) is 141 cm³/mol. The van der Waals surface area contributed by atoms with E-state index in [1.54, 1.807) is 46.6 Å². The lowest BCUT2D eigenvalue weighted by atomic mass is 9.93. The number of thiophene rings is 1. The van der Waals surface area contributed by atoms with E-state index in [0.717, 1.165) is 18.5 Å². The molecule has 0 bridgehead atoms. The van der Waals surface area contributed by atoms with Gasteiger partial charge in [0.2, 0.25) is 5.91 Å². The van der Waals surface area contributed by atoms with E-state index in [4.69, 9.17) is 23.2 Å². The maximum atomic E-state index is 14.0. The summed E-state index contributed by atoms with van der Waals surface area (Å²) in [6.45, 7) is 3.35. The van der Waals surface area contributed by atoms with E-state index in [1.807, 2.05) is 11.0 Å². The third-order valence-electron chi connectivity index (χ3n) is 6.93. The SMILES string of the molecule is O=C(CCN1CCc2sccc2C1c1cccc(F)c1)N1CCN(C(=O)c2ccc(Cl)c(Cl)c2)CC1. The van der Waals surface area contributed by atoms with Gasteiger partial charge in [-0.2, -0.15) is 0 Å². The zero-order valence-electron chi connectivity index (χ0n) is 19.6. The minimum Gasteiger partial charge on any atom is -0.339 e. The third kappa shape index (κ3) is 5.30. The van der Waals surface area contributed by atoms with Gasteiger partial charge in [-0.3, -0.25) is 14.5 Å². The van der Waals surface area contributed by atoms with E-state index in [-0.39, 0.29) is 23.7 Å². The van der Waals surface area contributed by atoms with Crippen LogP contribution in [-0.4, -0.2) is 65.8 Å². The van der Waals surface area contributed by atoms with Gasteiger partial charge in [0.05, 0.1) is 16.1 Å². The Bertz CT molecular complexity index is 1280. The van der Waals surface area contributed by atoms with Crippen LogP contribution in [0, 0.1) is 5.82 Å². The van der Waals surface area contributed by atoms with Gasteiger partial charge in [-0.1, -0.05) is 35.3 Å². The smallest absolute Gasteiger partial charge is 0.254 e. The van der Waals surface area contributed by atoms with Crippen LogP contribution in [0.4, 0.5) is 4.39 Å². The van der Waals surface area contributed by atoms with E-state index in [2.05, 4.69) is 16.3 Å². The van der Waals surface area contributed by atoms with Crippen molar-refractivity contribution in [2.75, 3.05) is 39.3 Å². The molecule has 1 fully saturated rings. The molecule has 2 amide bonds. The van der Waals surface area contributed by atoms with E-state index in [0.29, 0.717) is 54.8 Å². The molecule has 1 aromatic heterocycles. The molecule has 0 aliphatic carbocycles. The van der Waals surface area contributed by atoms with Crippen molar-refractivity contribution in [2.24, 2.45) is 0 Å². The summed E-state index contributed by atoms with van der Waals surface area (Å²) < 4.78 is 14.0. The van der Waals surface area contributed by atoms with Crippen LogP contribution in [0.3, 0.4) is 0 Å². The summed E-state index contributed by atoms with van der Waals surface area (Å²) in [5.41, 5.74) is 2.61. The minimum absolute atomic E-state index is 0.0517. The summed E-state index contributed by atoms with van der Waals surface area (Å²) in [6.07, 6.45) is 1.31. The van der Waals surface area contributed by atoms with Gasteiger partial charge in [-0.25, -0.2) is 4.39 Å². The molecule has 36 heavy (non-hydrogen) atoms. The van der Waals surface area contributed by atoms with Crippen LogP contribution in [0.1, 0.15) is 38.8 Å². The molecular weight excluding hydrogens is 520 g/mol. The van der Waals surface area contributed by atoms with Crippen LogP contribution in [-0.2, 0) is 11.2 Å². The Morgan fingerprint density at radius 3 is 2.47 bits per heavy atom. The van der Waals surface area contributed by atoms with Crippen molar-refractivity contribution >= 4 is 46.4 Å². The molecule has 5 nitrogen and oxygen atoms in total. The molecule has 3 aromatic rings. The van der Waals surface area contributed by atoms with Gasteiger partial charge in [-0.05, 0) is 59.3 Å². The molecular formula is C27H26Cl2FN3O2S. The molecule has 2 aromatic carbocycles. The molecule has 2 aliphatic heterocycles. The van der Waals surface area contributed by atoms with Gasteiger partial charge in [-0.15, -0.1) is 11.3 Å². The first-order valence-electron chi connectivity index (χ1n) is 12.0. The number of amides is 2. The lowest BCUT2D eigenvalue weighted by Gasteiger charge is -2.38. The number of carbonyl (C=O) groups is 2. The number of halogens is 3. The van der Waals surface area contributed by atoms with E-state index < -0.39 is 0 Å². The highest BCUT2D eigenvalue weighted by atomic mass is 35.5. The number of hydrogen-bond donors (Lipinski definition) is 0. The zero-order chi connectivity index (χ0) is 25.2. The van der Waals surface area contributed by atoms with E-state index >= 15 is 0 Å². The summed E-state index contributed by atoms with van der Waals surface area (Å²) in [6, 6.07) is 13.7. The summed E-state index contributed by atoms with van der Waals surface area (Å²) in [5.74, 6) is -0.289. The second-order valence-electron chi connectivity index (χ2n) is 9.09. The van der Waals surface area contributed by atoms with Gasteiger partial charge >= 0.3 is 0 Å². The lowest BCUT2D eigenvalue weighted by molar-refractivity contribution is -0.133. The lowest BCUT2D eigenvalue weighted by Crippen LogP contribution is -2.51. The van der Waals surface area contributed by atoms with Gasteiger partial charge in [0, 0.05) is 56.1 Å². The Labute approximate surface area is 224 Å². The molecule has 0 radical (unpaired) electrons. The van der Waals surface area contributed by atoms with Crippen LogP contribution in [0.2, 0.25) is 10.0 Å². The second kappa shape index (κ2) is 10.9. The predicted octanol–water partition coefficient (Wildman–Crippen LogP) is 5.52. The number of hydrogen-bond acceptors (Lipinski definition) is 4. The van der Waals surface area contributed by atoms with Crippen LogP contribution in [0.25, 0.3) is 0 Å². The summed E-state index contributed by atoms with van der Waals surface area (Å²) >= 11 is 13.8. The van der Waals surface area contributed by atoms with Gasteiger partial charge in [0.1, 0.15) is 5.82 Å². The van der Waals surface area contributed by atoms with Crippen LogP contribution >= 0.6 is 34.5 Å². The molecule has 0 spiro atoms. The number of benzene rings is 2. The maximum absolute atomic E-state index is 14.0.